The van der Waals surface area contributed by atoms with Gasteiger partial charge in [-0.15, -0.1) is 0 Å². The number of aromatic nitrogens is 2. The second-order valence-electron chi connectivity index (χ2n) is 5.32. The standard InChI is InChI=1S/C16H8Cl3F3N2O2S/c17-16(18,19)27-24-12-7-2-1-6-11(12)13(25)23(14(24)26)10-5-3-4-9(8-10)15(20,21)22/h1-8H. The summed E-state index contributed by atoms with van der Waals surface area (Å²) < 4.78 is 38.7. The zero-order valence-corrected chi connectivity index (χ0v) is 16.1. The predicted octanol–water partition coefficient (Wildman–Crippen LogP) is 5.00. The molecule has 0 aliphatic rings. The highest BCUT2D eigenvalue weighted by Gasteiger charge is 2.31. The van der Waals surface area contributed by atoms with Crippen LogP contribution in [0.15, 0.2) is 58.1 Å². The van der Waals surface area contributed by atoms with E-state index < -0.39 is 26.1 Å². The van der Waals surface area contributed by atoms with Crippen LogP contribution in [-0.4, -0.2) is 11.7 Å². The Morgan fingerprint density at radius 1 is 0.926 bits per heavy atom. The molecule has 2 aromatic carbocycles. The molecule has 1 aromatic heterocycles. The first-order valence-corrected chi connectivity index (χ1v) is 9.10. The van der Waals surface area contributed by atoms with Gasteiger partial charge in [-0.1, -0.05) is 53.0 Å². The lowest BCUT2D eigenvalue weighted by atomic mass is 10.2. The maximum absolute atomic E-state index is 13.0. The number of alkyl halides is 6. The van der Waals surface area contributed by atoms with Crippen LogP contribution in [0.5, 0.6) is 0 Å². The van der Waals surface area contributed by atoms with Crippen molar-refractivity contribution in [2.75, 3.05) is 0 Å². The van der Waals surface area contributed by atoms with Crippen LogP contribution < -0.4 is 11.2 Å². The Morgan fingerprint density at radius 2 is 1.59 bits per heavy atom. The summed E-state index contributed by atoms with van der Waals surface area (Å²) in [6.45, 7) is 0. The fraction of sp³-hybridized carbons (Fsp3) is 0.125. The van der Waals surface area contributed by atoms with E-state index in [-0.39, 0.29) is 16.6 Å². The van der Waals surface area contributed by atoms with Crippen molar-refractivity contribution in [1.82, 2.24) is 8.54 Å². The van der Waals surface area contributed by atoms with E-state index in [1.165, 1.54) is 18.2 Å². The van der Waals surface area contributed by atoms with Crippen LogP contribution >= 0.6 is 46.8 Å². The van der Waals surface area contributed by atoms with E-state index in [2.05, 4.69) is 0 Å². The summed E-state index contributed by atoms with van der Waals surface area (Å²) in [6.07, 6.45) is -4.64. The van der Waals surface area contributed by atoms with Gasteiger partial charge in [-0.25, -0.2) is 13.3 Å². The molecule has 11 heteroatoms. The Morgan fingerprint density at radius 3 is 2.22 bits per heavy atom. The molecule has 0 aliphatic heterocycles. The van der Waals surface area contributed by atoms with Gasteiger partial charge in [-0.2, -0.15) is 13.2 Å². The summed E-state index contributed by atoms with van der Waals surface area (Å²) in [5.41, 5.74) is -2.80. The highest BCUT2D eigenvalue weighted by Crippen LogP contribution is 2.40. The molecule has 3 aromatic rings. The zero-order valence-electron chi connectivity index (χ0n) is 13.0. The Hall–Kier alpha value is -1.61. The number of rotatable bonds is 2. The van der Waals surface area contributed by atoms with Crippen LogP contribution in [0.2, 0.25) is 0 Å². The molecule has 0 fully saturated rings. The van der Waals surface area contributed by atoms with E-state index in [9.17, 15) is 22.8 Å². The minimum absolute atomic E-state index is 0.0799. The molecule has 27 heavy (non-hydrogen) atoms. The second-order valence-corrected chi connectivity index (χ2v) is 9.43. The van der Waals surface area contributed by atoms with E-state index in [1.54, 1.807) is 12.1 Å². The number of benzene rings is 2. The first kappa shape index (κ1) is 20.1. The molecule has 0 amide bonds. The first-order chi connectivity index (χ1) is 12.5. The van der Waals surface area contributed by atoms with E-state index in [0.717, 1.165) is 16.1 Å². The van der Waals surface area contributed by atoms with Crippen LogP contribution in [0.1, 0.15) is 5.56 Å². The van der Waals surface area contributed by atoms with E-state index in [0.29, 0.717) is 22.6 Å². The molecule has 0 radical (unpaired) electrons. The topological polar surface area (TPSA) is 44.0 Å². The molecule has 0 atom stereocenters. The molecule has 0 unspecified atom stereocenters. The summed E-state index contributed by atoms with van der Waals surface area (Å²) in [4.78, 5) is 25.7. The molecule has 0 spiro atoms. The molecule has 0 saturated heterocycles. The van der Waals surface area contributed by atoms with Gasteiger partial charge in [0.05, 0.1) is 22.2 Å². The number of nitrogens with zero attached hydrogens (tertiary/aromatic N) is 2. The molecule has 142 valence electrons. The van der Waals surface area contributed by atoms with E-state index >= 15 is 0 Å². The molecule has 1 heterocycles. The average Bonchev–Trinajstić information content (AvgIpc) is 2.57. The molecule has 0 aliphatic carbocycles. The number of fused-ring (bicyclic) bond motifs is 1. The van der Waals surface area contributed by atoms with Crippen molar-refractivity contribution in [2.24, 2.45) is 0 Å². The normalized spacial score (nSPS) is 12.5. The second kappa shape index (κ2) is 7.09. The van der Waals surface area contributed by atoms with Crippen LogP contribution in [-0.2, 0) is 6.18 Å². The third kappa shape index (κ3) is 4.13. The van der Waals surface area contributed by atoms with Crippen molar-refractivity contribution in [1.29, 1.82) is 0 Å². The van der Waals surface area contributed by atoms with E-state index in [1.807, 2.05) is 0 Å². The third-order valence-corrected chi connectivity index (χ3v) is 4.91. The molecule has 3 rings (SSSR count). The summed E-state index contributed by atoms with van der Waals surface area (Å²) >= 11 is 17.8. The van der Waals surface area contributed by atoms with Gasteiger partial charge in [0.2, 0.25) is 0 Å². The van der Waals surface area contributed by atoms with Crippen molar-refractivity contribution >= 4 is 57.7 Å². The van der Waals surface area contributed by atoms with Gasteiger partial charge >= 0.3 is 11.9 Å². The van der Waals surface area contributed by atoms with Crippen LogP contribution in [0.4, 0.5) is 13.2 Å². The Bertz CT molecular complexity index is 1140. The lowest BCUT2D eigenvalue weighted by molar-refractivity contribution is -0.137. The monoisotopic (exact) mass is 454 g/mol. The van der Waals surface area contributed by atoms with Crippen molar-refractivity contribution in [2.45, 2.75) is 9.30 Å². The Balaban J connectivity index is 2.38. The maximum Gasteiger partial charge on any atom is 0.416 e. The molecular formula is C16H8Cl3F3N2O2S. The number of halogens is 6. The van der Waals surface area contributed by atoms with Gasteiger partial charge in [0.15, 0.2) is 0 Å². The summed E-state index contributed by atoms with van der Waals surface area (Å²) in [6, 6.07) is 9.89. The van der Waals surface area contributed by atoms with Crippen molar-refractivity contribution in [3.8, 4) is 5.69 Å². The fourth-order valence-corrected chi connectivity index (χ4v) is 3.72. The van der Waals surface area contributed by atoms with Gasteiger partial charge < -0.3 is 0 Å². The molecule has 0 N–H and O–H groups in total. The molecule has 0 bridgehead atoms. The largest absolute Gasteiger partial charge is 0.416 e. The van der Waals surface area contributed by atoms with E-state index in [4.69, 9.17) is 34.8 Å². The first-order valence-electron chi connectivity index (χ1n) is 7.20. The molecule has 0 saturated carbocycles. The Labute approximate surface area is 169 Å². The van der Waals surface area contributed by atoms with Crippen molar-refractivity contribution in [3.63, 3.8) is 0 Å². The summed E-state index contributed by atoms with van der Waals surface area (Å²) in [5.74, 6) is 0. The predicted molar refractivity (Wildman–Crippen MR) is 102 cm³/mol. The SMILES string of the molecule is O=c1c2ccccc2n(SC(Cl)(Cl)Cl)c(=O)n1-c1cccc(C(F)(F)F)c1. The number of para-hydroxylation sites is 1. The quantitative estimate of drug-likeness (QED) is 0.511. The van der Waals surface area contributed by atoms with Crippen LogP contribution in [0, 0.1) is 0 Å². The summed E-state index contributed by atoms with van der Waals surface area (Å²) in [7, 11) is 0. The summed E-state index contributed by atoms with van der Waals surface area (Å²) in [5, 5.41) is 0.0799. The maximum atomic E-state index is 13.0. The van der Waals surface area contributed by atoms with Gasteiger partial charge in [0.1, 0.15) is 0 Å². The van der Waals surface area contributed by atoms with Crippen molar-refractivity contribution < 1.29 is 13.2 Å². The molecular weight excluding hydrogens is 448 g/mol. The van der Waals surface area contributed by atoms with Gasteiger partial charge in [-0.05, 0) is 30.3 Å². The van der Waals surface area contributed by atoms with Gasteiger partial charge in [-0.3, -0.25) is 4.79 Å². The van der Waals surface area contributed by atoms with Gasteiger partial charge in [0.25, 0.3) is 8.68 Å². The highest BCUT2D eigenvalue weighted by molar-refractivity contribution is 8.03. The van der Waals surface area contributed by atoms with Crippen LogP contribution in [0.25, 0.3) is 16.6 Å². The number of hydrogen-bond acceptors (Lipinski definition) is 3. The Kier molecular flexibility index (Phi) is 5.28. The van der Waals surface area contributed by atoms with Crippen LogP contribution in [0.3, 0.4) is 0 Å². The zero-order chi connectivity index (χ0) is 20.0. The minimum atomic E-state index is -4.64. The highest BCUT2D eigenvalue weighted by atomic mass is 35.6. The fourth-order valence-electron chi connectivity index (χ4n) is 2.47. The lowest BCUT2D eigenvalue weighted by Crippen LogP contribution is -2.38. The average molecular weight is 456 g/mol. The minimum Gasteiger partial charge on any atom is -0.268 e. The number of hydrogen-bond donors (Lipinski definition) is 0. The van der Waals surface area contributed by atoms with Crippen molar-refractivity contribution in [3.05, 3.63) is 74.9 Å². The third-order valence-electron chi connectivity index (χ3n) is 3.55. The molecule has 4 nitrogen and oxygen atoms in total. The van der Waals surface area contributed by atoms with Gasteiger partial charge in [0, 0.05) is 11.9 Å². The smallest absolute Gasteiger partial charge is 0.268 e. The lowest BCUT2D eigenvalue weighted by Gasteiger charge is -2.17.